The minimum Gasteiger partial charge on any atom is -0.479 e. The van der Waals surface area contributed by atoms with Crippen molar-refractivity contribution >= 4 is 23.9 Å². The van der Waals surface area contributed by atoms with Crippen LogP contribution in [-0.4, -0.2) is 89.2 Å². The number of hydrogen-bond acceptors (Lipinski definition) is 11. The number of rotatable bonds is 49. The highest BCUT2D eigenvalue weighted by Crippen LogP contribution is 2.26. The van der Waals surface area contributed by atoms with Crippen molar-refractivity contribution in [2.24, 2.45) is 0 Å². The summed E-state index contributed by atoms with van der Waals surface area (Å²) in [6.07, 6.45) is 42.7. The number of esters is 3. The molecule has 0 bridgehead atoms. The van der Waals surface area contributed by atoms with E-state index in [1.807, 2.05) is 0 Å². The quantitative estimate of drug-likeness (QED) is 0.0228. The Morgan fingerprint density at radius 1 is 0.451 bits per heavy atom. The lowest BCUT2D eigenvalue weighted by molar-refractivity contribution is -0.301. The summed E-state index contributed by atoms with van der Waals surface area (Å²) in [7, 11) is 0. The Hall–Kier alpha value is -3.06. The predicted molar refractivity (Wildman–Crippen MR) is 285 cm³/mol. The number of carbonyl (C=O) groups is 4. The van der Waals surface area contributed by atoms with Gasteiger partial charge in [-0.05, 0) is 89.9 Å². The molecule has 0 aromatic heterocycles. The van der Waals surface area contributed by atoms with Crippen molar-refractivity contribution in [2.75, 3.05) is 13.2 Å². The molecule has 6 unspecified atom stereocenters. The second-order valence-electron chi connectivity index (χ2n) is 19.9. The Labute approximate surface area is 431 Å². The number of aliphatic hydroxyl groups excluding tert-OH is 2. The Balaban J connectivity index is 2.69. The van der Waals surface area contributed by atoms with Crippen LogP contribution in [0.25, 0.3) is 0 Å². The van der Waals surface area contributed by atoms with Crippen molar-refractivity contribution in [2.45, 2.75) is 302 Å². The highest BCUT2D eigenvalue weighted by Gasteiger charge is 2.50. The van der Waals surface area contributed by atoms with Crippen LogP contribution in [0.3, 0.4) is 0 Å². The van der Waals surface area contributed by atoms with E-state index in [4.69, 9.17) is 23.7 Å². The third-order valence-corrected chi connectivity index (χ3v) is 13.2. The molecule has 1 rings (SSSR count). The largest absolute Gasteiger partial charge is 0.479 e. The van der Waals surface area contributed by atoms with E-state index in [2.05, 4.69) is 57.2 Å². The third kappa shape index (κ3) is 38.2. The van der Waals surface area contributed by atoms with Crippen molar-refractivity contribution in [1.29, 1.82) is 0 Å². The molecule has 0 aromatic carbocycles. The van der Waals surface area contributed by atoms with Gasteiger partial charge in [-0.1, -0.05) is 192 Å². The number of ether oxygens (including phenoxy) is 5. The normalized spacial score (nSPS) is 18.7. The highest BCUT2D eigenvalue weighted by atomic mass is 16.7. The number of carboxylic acid groups (broad SMARTS) is 1. The molecule has 1 aliphatic heterocycles. The topological polar surface area (TPSA) is 175 Å². The van der Waals surface area contributed by atoms with Crippen LogP contribution < -0.4 is 0 Å². The summed E-state index contributed by atoms with van der Waals surface area (Å²) in [5, 5.41) is 31.4. The van der Waals surface area contributed by atoms with Gasteiger partial charge in [0, 0.05) is 19.3 Å². The van der Waals surface area contributed by atoms with Gasteiger partial charge in [0.15, 0.2) is 24.6 Å². The Morgan fingerprint density at radius 2 is 0.817 bits per heavy atom. The second-order valence-corrected chi connectivity index (χ2v) is 19.9. The molecule has 1 fully saturated rings. The number of unbranched alkanes of at least 4 members (excludes halogenated alkanes) is 29. The fourth-order valence-electron chi connectivity index (χ4n) is 8.63. The fraction of sp³-hybridized carbons (Fsp3) is 0.831. The third-order valence-electron chi connectivity index (χ3n) is 13.2. The van der Waals surface area contributed by atoms with Crippen molar-refractivity contribution in [3.8, 4) is 0 Å². The van der Waals surface area contributed by atoms with E-state index in [1.165, 1.54) is 103 Å². The van der Waals surface area contributed by atoms with Crippen LogP contribution in [0.2, 0.25) is 0 Å². The zero-order chi connectivity index (χ0) is 51.8. The average molecular weight is 1010 g/mol. The molecule has 0 aromatic rings. The molecule has 0 amide bonds. The summed E-state index contributed by atoms with van der Waals surface area (Å²) in [5.41, 5.74) is 0. The van der Waals surface area contributed by atoms with Gasteiger partial charge < -0.3 is 39.0 Å². The zero-order valence-corrected chi connectivity index (χ0v) is 45.2. The SMILES string of the molecule is CCCC/C=C\CCCCCCCC(=O)OC1C(OCC(COC(=O)CCCCCCCCC/C=C\CCCCCCCC)OC(=O)CCCCCCC/C=C\CCCCCC)OC(C(=O)O)C(O)C1O. The van der Waals surface area contributed by atoms with Crippen LogP contribution in [0.5, 0.6) is 0 Å². The van der Waals surface area contributed by atoms with Gasteiger partial charge in [0.2, 0.25) is 0 Å². The minimum atomic E-state index is -1.90. The second kappa shape index (κ2) is 47.9. The highest BCUT2D eigenvalue weighted by molar-refractivity contribution is 5.74. The number of carboxylic acids is 1. The van der Waals surface area contributed by atoms with Crippen molar-refractivity contribution < 1.29 is 58.2 Å². The van der Waals surface area contributed by atoms with Gasteiger partial charge in [-0.15, -0.1) is 0 Å². The molecule has 3 N–H and O–H groups in total. The molecule has 12 heteroatoms. The first-order chi connectivity index (χ1) is 34.6. The molecule has 0 aliphatic carbocycles. The van der Waals surface area contributed by atoms with E-state index < -0.39 is 67.3 Å². The smallest absolute Gasteiger partial charge is 0.335 e. The number of hydrogen-bond donors (Lipinski definition) is 3. The molecule has 0 radical (unpaired) electrons. The van der Waals surface area contributed by atoms with E-state index in [9.17, 15) is 34.5 Å². The number of allylic oxidation sites excluding steroid dienone is 6. The van der Waals surface area contributed by atoms with Gasteiger partial charge in [0.25, 0.3) is 0 Å². The van der Waals surface area contributed by atoms with E-state index in [1.54, 1.807) is 0 Å². The van der Waals surface area contributed by atoms with Gasteiger partial charge in [-0.3, -0.25) is 14.4 Å². The molecule has 0 spiro atoms. The van der Waals surface area contributed by atoms with Crippen LogP contribution >= 0.6 is 0 Å². The molecule has 1 aliphatic rings. The van der Waals surface area contributed by atoms with Gasteiger partial charge in [-0.2, -0.15) is 0 Å². The van der Waals surface area contributed by atoms with Crippen LogP contribution in [-0.2, 0) is 42.9 Å². The average Bonchev–Trinajstić information content (AvgIpc) is 3.35. The number of aliphatic carboxylic acids is 1. The summed E-state index contributed by atoms with van der Waals surface area (Å²) in [5.74, 6) is -3.13. The summed E-state index contributed by atoms with van der Waals surface area (Å²) >= 11 is 0. The monoisotopic (exact) mass is 1000 g/mol. The Bertz CT molecular complexity index is 1380. The van der Waals surface area contributed by atoms with E-state index in [0.717, 1.165) is 103 Å². The molecule has 412 valence electrons. The van der Waals surface area contributed by atoms with Gasteiger partial charge >= 0.3 is 23.9 Å². The number of aliphatic hydroxyl groups is 2. The minimum absolute atomic E-state index is 0.0506. The first-order valence-electron chi connectivity index (χ1n) is 29.0. The van der Waals surface area contributed by atoms with Crippen LogP contribution in [0, 0.1) is 0 Å². The van der Waals surface area contributed by atoms with E-state index in [0.29, 0.717) is 19.3 Å². The maximum atomic E-state index is 13.1. The van der Waals surface area contributed by atoms with Crippen LogP contribution in [0.1, 0.15) is 265 Å². The summed E-state index contributed by atoms with van der Waals surface area (Å²) in [4.78, 5) is 51.0. The molecular formula is C59H104O12. The molecule has 71 heavy (non-hydrogen) atoms. The first-order valence-corrected chi connectivity index (χ1v) is 29.0. The fourth-order valence-corrected chi connectivity index (χ4v) is 8.63. The Morgan fingerprint density at radius 3 is 1.25 bits per heavy atom. The molecule has 12 nitrogen and oxygen atoms in total. The van der Waals surface area contributed by atoms with Crippen LogP contribution in [0.4, 0.5) is 0 Å². The van der Waals surface area contributed by atoms with Crippen molar-refractivity contribution in [3.05, 3.63) is 36.5 Å². The summed E-state index contributed by atoms with van der Waals surface area (Å²) in [6.45, 7) is 5.92. The van der Waals surface area contributed by atoms with E-state index >= 15 is 0 Å². The molecule has 6 atom stereocenters. The molecule has 1 saturated heterocycles. The van der Waals surface area contributed by atoms with Crippen LogP contribution in [0.15, 0.2) is 36.5 Å². The summed E-state index contributed by atoms with van der Waals surface area (Å²) < 4.78 is 28.4. The van der Waals surface area contributed by atoms with Gasteiger partial charge in [0.1, 0.15) is 18.8 Å². The summed E-state index contributed by atoms with van der Waals surface area (Å²) in [6, 6.07) is 0. The lowest BCUT2D eigenvalue weighted by atomic mass is 9.98. The Kier molecular flexibility index (Phi) is 44.5. The predicted octanol–water partition coefficient (Wildman–Crippen LogP) is 14.5. The maximum absolute atomic E-state index is 13.1. The zero-order valence-electron chi connectivity index (χ0n) is 45.2. The molecule has 0 saturated carbocycles. The molecular weight excluding hydrogens is 901 g/mol. The van der Waals surface area contributed by atoms with Crippen molar-refractivity contribution in [3.63, 3.8) is 0 Å². The number of carbonyl (C=O) groups excluding carboxylic acids is 3. The van der Waals surface area contributed by atoms with Gasteiger partial charge in [-0.25, -0.2) is 4.79 Å². The lowest BCUT2D eigenvalue weighted by Crippen LogP contribution is -2.61. The van der Waals surface area contributed by atoms with E-state index in [-0.39, 0.29) is 25.9 Å². The lowest BCUT2D eigenvalue weighted by Gasteiger charge is -2.40. The maximum Gasteiger partial charge on any atom is 0.335 e. The van der Waals surface area contributed by atoms with Gasteiger partial charge in [0.05, 0.1) is 6.61 Å². The first kappa shape index (κ1) is 66.0. The molecule has 1 heterocycles. The van der Waals surface area contributed by atoms with Crippen molar-refractivity contribution in [1.82, 2.24) is 0 Å². The standard InChI is InChI=1S/C59H104O12/c1-4-7-10-13-16-19-22-24-25-26-27-29-31-33-36-39-42-45-51(60)67-48-50(69-52(61)46-43-40-37-35-32-28-23-20-17-14-11-8-5-2)49-68-59-57(55(64)54(63)56(71-59)58(65)66)70-53(62)47-44-41-38-34-30-21-18-15-12-9-6-3/h15,18,20,23-25,50,54-57,59,63-64H,4-14,16-17,19,21-22,26-49H2,1-3H3,(H,65,66)/b18-15-,23-20-,25-24-.